The molecule has 6 nitrogen and oxygen atoms in total. The summed E-state index contributed by atoms with van der Waals surface area (Å²) in [6.45, 7) is 2.88. The smallest absolute Gasteiger partial charge is 0.153 e. The van der Waals surface area contributed by atoms with Crippen LogP contribution in [0.1, 0.15) is 24.4 Å². The predicted octanol–water partition coefficient (Wildman–Crippen LogP) is 1.13. The molecule has 0 aliphatic carbocycles. The average molecular weight is 303 g/mol. The summed E-state index contributed by atoms with van der Waals surface area (Å²) in [7, 11) is 1.86. The Balaban J connectivity index is 2.40. The van der Waals surface area contributed by atoms with Crippen LogP contribution < -0.4 is 5.32 Å². The van der Waals surface area contributed by atoms with Crippen molar-refractivity contribution in [1.82, 2.24) is 29.9 Å². The molecule has 0 amide bonds. The third-order valence-electron chi connectivity index (χ3n) is 2.18. The Bertz CT molecular complexity index is 434. The van der Waals surface area contributed by atoms with E-state index in [9.17, 15) is 0 Å². The maximum Gasteiger partial charge on any atom is 0.153 e. The predicted molar refractivity (Wildman–Crippen MR) is 64.1 cm³/mol. The zero-order chi connectivity index (χ0) is 11.5. The number of hydrogen-bond acceptors (Lipinski definition) is 6. The minimum absolute atomic E-state index is 0.0295. The van der Waals surface area contributed by atoms with E-state index < -0.39 is 0 Å². The summed E-state index contributed by atoms with van der Waals surface area (Å²) in [5.41, 5.74) is 1.84. The first-order valence-electron chi connectivity index (χ1n) is 4.79. The second-order valence-electron chi connectivity index (χ2n) is 3.21. The van der Waals surface area contributed by atoms with Crippen LogP contribution in [0.2, 0.25) is 0 Å². The standard InChI is InChI=1S/C8H11BrN6S/c1-3-10-6(5-4-16-14-11-5)7-8(9)12-13-15(7)2/h4,6,10H,3H2,1-2H3. The number of aromatic nitrogens is 5. The first-order valence-corrected chi connectivity index (χ1v) is 6.42. The Kier molecular flexibility index (Phi) is 3.62. The molecule has 16 heavy (non-hydrogen) atoms. The second kappa shape index (κ2) is 4.98. The van der Waals surface area contributed by atoms with Gasteiger partial charge in [-0.15, -0.1) is 10.2 Å². The number of nitrogens with one attached hydrogen (secondary N) is 1. The lowest BCUT2D eigenvalue weighted by molar-refractivity contribution is 0.556. The van der Waals surface area contributed by atoms with Gasteiger partial charge >= 0.3 is 0 Å². The first kappa shape index (κ1) is 11.6. The highest BCUT2D eigenvalue weighted by Gasteiger charge is 2.23. The van der Waals surface area contributed by atoms with E-state index in [1.807, 2.05) is 19.4 Å². The van der Waals surface area contributed by atoms with Crippen molar-refractivity contribution < 1.29 is 0 Å². The monoisotopic (exact) mass is 302 g/mol. The maximum atomic E-state index is 4.09. The van der Waals surface area contributed by atoms with Crippen LogP contribution in [0.15, 0.2) is 9.98 Å². The number of hydrogen-bond donors (Lipinski definition) is 1. The molecule has 0 saturated heterocycles. The lowest BCUT2D eigenvalue weighted by atomic mass is 10.1. The molecule has 8 heteroatoms. The van der Waals surface area contributed by atoms with Crippen LogP contribution in [0, 0.1) is 0 Å². The van der Waals surface area contributed by atoms with E-state index in [1.54, 1.807) is 4.68 Å². The molecule has 2 heterocycles. The molecule has 1 atom stereocenters. The van der Waals surface area contributed by atoms with Gasteiger partial charge in [0.1, 0.15) is 0 Å². The van der Waals surface area contributed by atoms with Gasteiger partial charge in [0.25, 0.3) is 0 Å². The number of aryl methyl sites for hydroxylation is 1. The number of nitrogens with zero attached hydrogens (tertiary/aromatic N) is 5. The molecule has 2 rings (SSSR count). The van der Waals surface area contributed by atoms with Gasteiger partial charge in [-0.2, -0.15) is 0 Å². The fourth-order valence-electron chi connectivity index (χ4n) is 1.49. The van der Waals surface area contributed by atoms with Gasteiger partial charge in [-0.3, -0.25) is 0 Å². The minimum Gasteiger partial charge on any atom is -0.304 e. The van der Waals surface area contributed by atoms with Crippen molar-refractivity contribution in [3.05, 3.63) is 21.4 Å². The van der Waals surface area contributed by atoms with Gasteiger partial charge in [-0.05, 0) is 34.0 Å². The summed E-state index contributed by atoms with van der Waals surface area (Å²) < 4.78 is 6.34. The van der Waals surface area contributed by atoms with Crippen LogP contribution in [0.5, 0.6) is 0 Å². The third-order valence-corrected chi connectivity index (χ3v) is 3.27. The van der Waals surface area contributed by atoms with Gasteiger partial charge in [-0.25, -0.2) is 4.68 Å². The first-order chi connectivity index (χ1) is 7.74. The average Bonchev–Trinajstić information content (AvgIpc) is 2.87. The third kappa shape index (κ3) is 2.13. The summed E-state index contributed by atoms with van der Waals surface area (Å²) in [5, 5.41) is 17.3. The van der Waals surface area contributed by atoms with Gasteiger partial charge < -0.3 is 5.32 Å². The SMILES string of the molecule is CCNC(c1csnn1)c1c(Br)nnn1C. The summed E-state index contributed by atoms with van der Waals surface area (Å²) in [6, 6.07) is -0.0295. The molecule has 86 valence electrons. The lowest BCUT2D eigenvalue weighted by Gasteiger charge is -2.15. The van der Waals surface area contributed by atoms with Gasteiger partial charge in [0, 0.05) is 12.4 Å². The van der Waals surface area contributed by atoms with Gasteiger partial charge in [-0.1, -0.05) is 16.6 Å². The summed E-state index contributed by atoms with van der Waals surface area (Å²) in [4.78, 5) is 0. The quantitative estimate of drug-likeness (QED) is 0.917. The topological polar surface area (TPSA) is 68.5 Å². The zero-order valence-electron chi connectivity index (χ0n) is 8.88. The molecule has 0 radical (unpaired) electrons. The van der Waals surface area contributed by atoms with Crippen molar-refractivity contribution in [3.8, 4) is 0 Å². The van der Waals surface area contributed by atoms with Crippen LogP contribution >= 0.6 is 27.5 Å². The molecule has 1 unspecified atom stereocenters. The Hall–Kier alpha value is -0.860. The van der Waals surface area contributed by atoms with E-state index >= 15 is 0 Å². The van der Waals surface area contributed by atoms with Crippen molar-refractivity contribution in [2.45, 2.75) is 13.0 Å². The molecule has 0 aliphatic heterocycles. The molecule has 0 spiro atoms. The van der Waals surface area contributed by atoms with Crippen LogP contribution in [0.3, 0.4) is 0 Å². The Morgan fingerprint density at radius 3 is 2.88 bits per heavy atom. The van der Waals surface area contributed by atoms with E-state index in [0.717, 1.165) is 22.5 Å². The fraction of sp³-hybridized carbons (Fsp3) is 0.500. The van der Waals surface area contributed by atoms with Crippen molar-refractivity contribution in [2.24, 2.45) is 7.05 Å². The molecular formula is C8H11BrN6S. The molecule has 0 fully saturated rings. The van der Waals surface area contributed by atoms with Gasteiger partial charge in [0.2, 0.25) is 0 Å². The fourth-order valence-corrected chi connectivity index (χ4v) is 2.52. The van der Waals surface area contributed by atoms with E-state index in [-0.39, 0.29) is 6.04 Å². The molecule has 0 aliphatic rings. The van der Waals surface area contributed by atoms with Gasteiger partial charge in [0.05, 0.1) is 17.4 Å². The highest BCUT2D eigenvalue weighted by atomic mass is 79.9. The van der Waals surface area contributed by atoms with Crippen molar-refractivity contribution in [1.29, 1.82) is 0 Å². The Morgan fingerprint density at radius 2 is 2.38 bits per heavy atom. The van der Waals surface area contributed by atoms with Crippen LogP contribution in [0.25, 0.3) is 0 Å². The van der Waals surface area contributed by atoms with Crippen molar-refractivity contribution >= 4 is 27.5 Å². The highest BCUT2D eigenvalue weighted by Crippen LogP contribution is 2.25. The minimum atomic E-state index is -0.0295. The van der Waals surface area contributed by atoms with E-state index in [4.69, 9.17) is 0 Å². The highest BCUT2D eigenvalue weighted by molar-refractivity contribution is 9.10. The van der Waals surface area contributed by atoms with E-state index in [1.165, 1.54) is 11.5 Å². The summed E-state index contributed by atoms with van der Waals surface area (Å²) >= 11 is 4.73. The van der Waals surface area contributed by atoms with Crippen LogP contribution in [-0.2, 0) is 7.05 Å². The zero-order valence-corrected chi connectivity index (χ0v) is 11.3. The molecule has 1 N–H and O–H groups in total. The van der Waals surface area contributed by atoms with Gasteiger partial charge in [0.15, 0.2) is 4.60 Å². The van der Waals surface area contributed by atoms with Crippen molar-refractivity contribution in [3.63, 3.8) is 0 Å². The Morgan fingerprint density at radius 1 is 1.56 bits per heavy atom. The van der Waals surface area contributed by atoms with Crippen molar-refractivity contribution in [2.75, 3.05) is 6.54 Å². The molecule has 0 aromatic carbocycles. The molecule has 0 saturated carbocycles. The molecular weight excluding hydrogens is 292 g/mol. The van der Waals surface area contributed by atoms with E-state index in [0.29, 0.717) is 0 Å². The van der Waals surface area contributed by atoms with E-state index in [2.05, 4.69) is 41.1 Å². The lowest BCUT2D eigenvalue weighted by Crippen LogP contribution is -2.25. The molecule has 0 bridgehead atoms. The van der Waals surface area contributed by atoms with Crippen LogP contribution in [0.4, 0.5) is 0 Å². The molecule has 2 aromatic rings. The number of rotatable bonds is 4. The second-order valence-corrected chi connectivity index (χ2v) is 4.57. The number of halogens is 1. The maximum absolute atomic E-state index is 4.09. The normalized spacial score (nSPS) is 12.9. The largest absolute Gasteiger partial charge is 0.304 e. The molecule has 2 aromatic heterocycles. The summed E-state index contributed by atoms with van der Waals surface area (Å²) in [6.07, 6.45) is 0. The summed E-state index contributed by atoms with van der Waals surface area (Å²) in [5.74, 6) is 0. The Labute approximate surface area is 105 Å². The van der Waals surface area contributed by atoms with Crippen LogP contribution in [-0.4, -0.2) is 31.1 Å².